The second kappa shape index (κ2) is 15.1. The largest absolute Gasteiger partial charge is 0.390 e. The fraction of sp³-hybridized carbons (Fsp3) is 0.345. The van der Waals surface area contributed by atoms with Crippen molar-refractivity contribution in [2.24, 2.45) is 5.73 Å². The van der Waals surface area contributed by atoms with E-state index >= 15 is 0 Å². The summed E-state index contributed by atoms with van der Waals surface area (Å²) in [6.45, 7) is 4.02. The summed E-state index contributed by atoms with van der Waals surface area (Å²) in [5.74, 6) is -0.897. The number of amides is 3. The maximum Gasteiger partial charge on any atom is 0.254 e. The van der Waals surface area contributed by atoms with Crippen molar-refractivity contribution in [3.8, 4) is 0 Å². The Balaban J connectivity index is 0.00000507. The van der Waals surface area contributed by atoms with Crippen molar-refractivity contribution < 1.29 is 19.5 Å². The van der Waals surface area contributed by atoms with E-state index in [9.17, 15) is 19.5 Å². The van der Waals surface area contributed by atoms with E-state index in [1.54, 1.807) is 29.2 Å². The third-order valence-electron chi connectivity index (χ3n) is 6.17. The molecule has 3 amide bonds. The number of hydrogen-bond donors (Lipinski definition) is 4. The minimum absolute atomic E-state index is 0. The second-order valence-electron chi connectivity index (χ2n) is 9.35. The van der Waals surface area contributed by atoms with Gasteiger partial charge in [0.1, 0.15) is 6.04 Å². The van der Waals surface area contributed by atoms with Gasteiger partial charge in [-0.1, -0.05) is 60.7 Å². The smallest absolute Gasteiger partial charge is 0.254 e. The number of carbonyl (C=O) groups excluding carboxylic acids is 3. The Morgan fingerprint density at radius 2 is 1.61 bits per heavy atom. The van der Waals surface area contributed by atoms with Gasteiger partial charge in [0.25, 0.3) is 5.91 Å². The summed E-state index contributed by atoms with van der Waals surface area (Å²) in [6.07, 6.45) is -0.550. The lowest BCUT2D eigenvalue weighted by atomic mass is 10.0. The van der Waals surface area contributed by atoms with Gasteiger partial charge in [0.05, 0.1) is 6.10 Å². The van der Waals surface area contributed by atoms with E-state index in [0.717, 1.165) is 16.3 Å². The van der Waals surface area contributed by atoms with Crippen molar-refractivity contribution in [2.75, 3.05) is 19.6 Å². The van der Waals surface area contributed by atoms with Crippen LogP contribution in [0.15, 0.2) is 72.8 Å². The zero-order chi connectivity index (χ0) is 26.8. The van der Waals surface area contributed by atoms with E-state index < -0.39 is 18.1 Å². The van der Waals surface area contributed by atoms with Gasteiger partial charge in [-0.05, 0) is 42.3 Å². The van der Waals surface area contributed by atoms with E-state index in [2.05, 4.69) is 10.6 Å². The monoisotopic (exact) mass is 540 g/mol. The summed E-state index contributed by atoms with van der Waals surface area (Å²) in [7, 11) is 0. The minimum atomic E-state index is -0.871. The lowest BCUT2D eigenvalue weighted by Crippen LogP contribution is -2.50. The standard InChI is InChI=1S/C29H36N4O4.ClH/c1-20(2)33(29(37)23-9-4-3-5-10-23)15-14-27(35)32-26(28(36)31-19-25(34)18-30)17-21-12-13-22-8-6-7-11-24(22)16-21;/h3-13,16,20,25-26,34H,14-15,17-19,30H2,1-2H3,(H,31,36)(H,32,35);1H/t25?,26-;/m1./s1. The topological polar surface area (TPSA) is 125 Å². The van der Waals surface area contributed by atoms with Gasteiger partial charge in [-0.2, -0.15) is 0 Å². The Morgan fingerprint density at radius 1 is 0.947 bits per heavy atom. The van der Waals surface area contributed by atoms with Crippen molar-refractivity contribution in [3.63, 3.8) is 0 Å². The van der Waals surface area contributed by atoms with Crippen LogP contribution >= 0.6 is 12.4 Å². The average molecular weight is 541 g/mol. The second-order valence-corrected chi connectivity index (χ2v) is 9.35. The third kappa shape index (κ3) is 8.83. The zero-order valence-electron chi connectivity index (χ0n) is 21.8. The van der Waals surface area contributed by atoms with Crippen molar-refractivity contribution in [3.05, 3.63) is 83.9 Å². The number of nitrogens with one attached hydrogen (secondary N) is 2. The van der Waals surface area contributed by atoms with Crippen LogP contribution in [0.4, 0.5) is 0 Å². The van der Waals surface area contributed by atoms with Crippen molar-refractivity contribution in [1.82, 2.24) is 15.5 Å². The molecule has 3 aromatic carbocycles. The molecular weight excluding hydrogens is 504 g/mol. The number of aliphatic hydroxyl groups excluding tert-OH is 1. The molecule has 0 aliphatic carbocycles. The number of carbonyl (C=O) groups is 3. The number of nitrogens with zero attached hydrogens (tertiary/aromatic N) is 1. The van der Waals surface area contributed by atoms with Crippen LogP contribution in [0.25, 0.3) is 10.8 Å². The zero-order valence-corrected chi connectivity index (χ0v) is 22.6. The number of fused-ring (bicyclic) bond motifs is 1. The van der Waals surface area contributed by atoms with Crippen LogP contribution < -0.4 is 16.4 Å². The summed E-state index contributed by atoms with van der Waals surface area (Å²) in [4.78, 5) is 40.5. The fourth-order valence-electron chi connectivity index (χ4n) is 4.06. The summed E-state index contributed by atoms with van der Waals surface area (Å²) < 4.78 is 0. The van der Waals surface area contributed by atoms with E-state index in [1.807, 2.05) is 62.4 Å². The molecule has 0 spiro atoms. The van der Waals surface area contributed by atoms with Gasteiger partial charge in [-0.15, -0.1) is 12.4 Å². The Morgan fingerprint density at radius 3 is 2.26 bits per heavy atom. The molecule has 0 bridgehead atoms. The van der Waals surface area contributed by atoms with E-state index in [0.29, 0.717) is 5.56 Å². The first kappa shape index (κ1) is 30.8. The Labute approximate surface area is 230 Å². The maximum absolute atomic E-state index is 13.0. The fourth-order valence-corrected chi connectivity index (χ4v) is 4.06. The lowest BCUT2D eigenvalue weighted by Gasteiger charge is -2.27. The van der Waals surface area contributed by atoms with Crippen molar-refractivity contribution in [1.29, 1.82) is 0 Å². The molecule has 38 heavy (non-hydrogen) atoms. The van der Waals surface area contributed by atoms with Gasteiger partial charge in [0.15, 0.2) is 0 Å². The van der Waals surface area contributed by atoms with Gasteiger partial charge in [0, 0.05) is 44.1 Å². The molecule has 0 saturated heterocycles. The van der Waals surface area contributed by atoms with Gasteiger partial charge in [0.2, 0.25) is 11.8 Å². The molecule has 0 radical (unpaired) electrons. The molecule has 0 aromatic heterocycles. The molecule has 9 heteroatoms. The number of aliphatic hydroxyl groups is 1. The summed E-state index contributed by atoms with van der Waals surface area (Å²) in [6, 6.07) is 21.8. The van der Waals surface area contributed by atoms with Crippen LogP contribution in [0.3, 0.4) is 0 Å². The van der Waals surface area contributed by atoms with Crippen LogP contribution in [-0.4, -0.2) is 65.5 Å². The third-order valence-corrected chi connectivity index (χ3v) is 6.17. The number of halogens is 1. The molecule has 2 atom stereocenters. The molecule has 1 unspecified atom stereocenters. The molecule has 3 rings (SSSR count). The highest BCUT2D eigenvalue weighted by atomic mass is 35.5. The van der Waals surface area contributed by atoms with Gasteiger partial charge in [-0.25, -0.2) is 0 Å². The number of nitrogens with two attached hydrogens (primary N) is 1. The maximum atomic E-state index is 13.0. The first-order valence-electron chi connectivity index (χ1n) is 12.6. The lowest BCUT2D eigenvalue weighted by molar-refractivity contribution is -0.129. The van der Waals surface area contributed by atoms with Crippen LogP contribution in [0, 0.1) is 0 Å². The molecular formula is C29H37ClN4O4. The molecule has 0 aliphatic rings. The average Bonchev–Trinajstić information content (AvgIpc) is 2.91. The first-order chi connectivity index (χ1) is 17.8. The molecule has 0 heterocycles. The number of hydrogen-bond acceptors (Lipinski definition) is 5. The minimum Gasteiger partial charge on any atom is -0.390 e. The number of rotatable bonds is 12. The van der Waals surface area contributed by atoms with Crippen molar-refractivity contribution in [2.45, 2.75) is 44.9 Å². The van der Waals surface area contributed by atoms with Gasteiger partial charge < -0.3 is 26.4 Å². The van der Waals surface area contributed by atoms with Crippen molar-refractivity contribution >= 4 is 40.9 Å². The van der Waals surface area contributed by atoms with E-state index in [-0.39, 0.29) is 62.7 Å². The Kier molecular flexibility index (Phi) is 12.2. The number of benzene rings is 3. The van der Waals surface area contributed by atoms with Crippen LogP contribution in [-0.2, 0) is 16.0 Å². The van der Waals surface area contributed by atoms with Crippen LogP contribution in [0.2, 0.25) is 0 Å². The van der Waals surface area contributed by atoms with Gasteiger partial charge >= 0.3 is 0 Å². The SMILES string of the molecule is CC(C)N(CCC(=O)N[C@H](Cc1ccc2ccccc2c1)C(=O)NCC(O)CN)C(=O)c1ccccc1.Cl. The Bertz CT molecular complexity index is 1210. The van der Waals surface area contributed by atoms with Gasteiger partial charge in [-0.3, -0.25) is 14.4 Å². The highest BCUT2D eigenvalue weighted by molar-refractivity contribution is 5.95. The van der Waals surface area contributed by atoms with E-state index in [1.165, 1.54) is 0 Å². The predicted octanol–water partition coefficient (Wildman–Crippen LogP) is 2.67. The normalized spacial score (nSPS) is 12.3. The van der Waals surface area contributed by atoms with E-state index in [4.69, 9.17) is 5.73 Å². The highest BCUT2D eigenvalue weighted by Crippen LogP contribution is 2.17. The molecule has 3 aromatic rings. The highest BCUT2D eigenvalue weighted by Gasteiger charge is 2.24. The van der Waals surface area contributed by atoms with Crippen LogP contribution in [0.1, 0.15) is 36.2 Å². The molecule has 0 aliphatic heterocycles. The van der Waals surface area contributed by atoms with Crippen LogP contribution in [0.5, 0.6) is 0 Å². The molecule has 0 saturated carbocycles. The first-order valence-corrected chi connectivity index (χ1v) is 12.6. The summed E-state index contributed by atoms with van der Waals surface area (Å²) >= 11 is 0. The molecule has 204 valence electrons. The predicted molar refractivity (Wildman–Crippen MR) is 152 cm³/mol. The molecule has 0 fully saturated rings. The Hall–Kier alpha value is -3.46. The molecule has 8 nitrogen and oxygen atoms in total. The molecule has 5 N–H and O–H groups in total. The summed E-state index contributed by atoms with van der Waals surface area (Å²) in [5, 5.41) is 17.4. The summed E-state index contributed by atoms with van der Waals surface area (Å²) in [5.41, 5.74) is 6.90. The quantitative estimate of drug-likeness (QED) is 0.281.